The number of pyridine rings is 1. The Morgan fingerprint density at radius 3 is 2.71 bits per heavy atom. The largest absolute Gasteiger partial charge is 0.377 e. The Morgan fingerprint density at radius 2 is 2.08 bits per heavy atom. The first-order valence-corrected chi connectivity index (χ1v) is 8.63. The lowest BCUT2D eigenvalue weighted by atomic mass is 10.2. The molecule has 24 heavy (non-hydrogen) atoms. The molecule has 0 radical (unpaired) electrons. The molecule has 2 aliphatic rings. The molecular weight excluding hydrogens is 306 g/mol. The van der Waals surface area contributed by atoms with Gasteiger partial charge in [-0.3, -0.25) is 4.90 Å². The summed E-state index contributed by atoms with van der Waals surface area (Å²) in [5.41, 5.74) is 0.858. The Morgan fingerprint density at radius 1 is 1.21 bits per heavy atom. The van der Waals surface area contributed by atoms with Crippen molar-refractivity contribution in [1.29, 1.82) is 0 Å². The number of rotatable bonds is 4. The lowest BCUT2D eigenvalue weighted by Gasteiger charge is -2.36. The van der Waals surface area contributed by atoms with Crippen LogP contribution in [0.5, 0.6) is 0 Å². The molecule has 4 heterocycles. The van der Waals surface area contributed by atoms with Crippen LogP contribution in [0.15, 0.2) is 22.9 Å². The molecule has 0 amide bonds. The van der Waals surface area contributed by atoms with Crippen LogP contribution in [0.4, 0.5) is 5.82 Å². The van der Waals surface area contributed by atoms with Gasteiger partial charge in [-0.1, -0.05) is 5.16 Å². The molecule has 0 saturated carbocycles. The van der Waals surface area contributed by atoms with Crippen LogP contribution in [0.3, 0.4) is 0 Å². The molecule has 2 aromatic heterocycles. The quantitative estimate of drug-likeness (QED) is 0.846. The number of hydrogen-bond donors (Lipinski definition) is 0. The second-order valence-electron chi connectivity index (χ2n) is 6.47. The number of hydrogen-bond acceptors (Lipinski definition) is 7. The molecule has 1 atom stereocenters. The van der Waals surface area contributed by atoms with Gasteiger partial charge < -0.3 is 14.2 Å². The van der Waals surface area contributed by atoms with Gasteiger partial charge in [0.2, 0.25) is 0 Å². The summed E-state index contributed by atoms with van der Waals surface area (Å²) >= 11 is 0. The van der Waals surface area contributed by atoms with E-state index in [1.165, 1.54) is 12.8 Å². The lowest BCUT2D eigenvalue weighted by Crippen LogP contribution is -2.48. The maximum absolute atomic E-state index is 5.74. The van der Waals surface area contributed by atoms with Crippen molar-refractivity contribution in [2.45, 2.75) is 25.9 Å². The van der Waals surface area contributed by atoms with E-state index in [-0.39, 0.29) is 0 Å². The zero-order valence-electron chi connectivity index (χ0n) is 14.0. The summed E-state index contributed by atoms with van der Waals surface area (Å²) in [5.74, 6) is 2.16. The second-order valence-corrected chi connectivity index (χ2v) is 6.47. The van der Waals surface area contributed by atoms with Gasteiger partial charge >= 0.3 is 0 Å². The predicted octanol–water partition coefficient (Wildman–Crippen LogP) is 1.74. The summed E-state index contributed by atoms with van der Waals surface area (Å²) < 4.78 is 10.9. The van der Waals surface area contributed by atoms with Crippen LogP contribution >= 0.6 is 0 Å². The SMILES string of the molecule is Cc1noc(-c2ccc(N3CCN(C[C@@H]4CCCO4)CC3)nc2)n1. The van der Waals surface area contributed by atoms with Gasteiger partial charge in [0.1, 0.15) is 5.82 Å². The molecule has 0 aliphatic carbocycles. The molecular formula is C17H23N5O2. The fourth-order valence-corrected chi connectivity index (χ4v) is 3.35. The number of nitrogens with zero attached hydrogens (tertiary/aromatic N) is 5. The van der Waals surface area contributed by atoms with Gasteiger partial charge in [-0.2, -0.15) is 4.98 Å². The highest BCUT2D eigenvalue weighted by Crippen LogP contribution is 2.21. The van der Waals surface area contributed by atoms with E-state index in [1.54, 1.807) is 6.20 Å². The average molecular weight is 329 g/mol. The molecule has 2 saturated heterocycles. The molecule has 0 aromatic carbocycles. The second kappa shape index (κ2) is 6.86. The van der Waals surface area contributed by atoms with Crippen LogP contribution in [-0.4, -0.2) is 65.5 Å². The number of anilines is 1. The van der Waals surface area contributed by atoms with E-state index in [4.69, 9.17) is 9.26 Å². The smallest absolute Gasteiger partial charge is 0.259 e. The van der Waals surface area contributed by atoms with E-state index in [0.29, 0.717) is 17.8 Å². The molecule has 2 fully saturated rings. The number of aryl methyl sites for hydroxylation is 1. The highest BCUT2D eigenvalue weighted by Gasteiger charge is 2.23. The van der Waals surface area contributed by atoms with Gasteiger partial charge in [0.05, 0.1) is 11.7 Å². The minimum Gasteiger partial charge on any atom is -0.377 e. The maximum Gasteiger partial charge on any atom is 0.259 e. The first-order valence-electron chi connectivity index (χ1n) is 8.63. The van der Waals surface area contributed by atoms with Gasteiger partial charge in [-0.05, 0) is 31.9 Å². The minimum atomic E-state index is 0.437. The van der Waals surface area contributed by atoms with Crippen LogP contribution in [0, 0.1) is 6.92 Å². The van der Waals surface area contributed by atoms with Gasteiger partial charge in [0, 0.05) is 45.5 Å². The molecule has 7 nitrogen and oxygen atoms in total. The van der Waals surface area contributed by atoms with Crippen LogP contribution in [0.2, 0.25) is 0 Å². The number of piperazine rings is 1. The maximum atomic E-state index is 5.74. The van der Waals surface area contributed by atoms with Gasteiger partial charge in [0.15, 0.2) is 5.82 Å². The average Bonchev–Trinajstić information content (AvgIpc) is 3.28. The fourth-order valence-electron chi connectivity index (χ4n) is 3.35. The van der Waals surface area contributed by atoms with E-state index in [0.717, 1.165) is 50.7 Å². The monoisotopic (exact) mass is 329 g/mol. The topological polar surface area (TPSA) is 67.5 Å². The van der Waals surface area contributed by atoms with Gasteiger partial charge in [-0.15, -0.1) is 0 Å². The highest BCUT2D eigenvalue weighted by molar-refractivity contribution is 5.54. The van der Waals surface area contributed by atoms with Gasteiger partial charge in [-0.25, -0.2) is 4.98 Å². The number of ether oxygens (including phenoxy) is 1. The van der Waals surface area contributed by atoms with Gasteiger partial charge in [0.25, 0.3) is 5.89 Å². The number of aromatic nitrogens is 3. The minimum absolute atomic E-state index is 0.437. The van der Waals surface area contributed by atoms with Crippen LogP contribution in [0.25, 0.3) is 11.5 Å². The van der Waals surface area contributed by atoms with Crippen LogP contribution < -0.4 is 4.90 Å². The van der Waals surface area contributed by atoms with Crippen LogP contribution in [0.1, 0.15) is 18.7 Å². The third kappa shape index (κ3) is 3.42. The van der Waals surface area contributed by atoms with Crippen LogP contribution in [-0.2, 0) is 4.74 Å². The summed E-state index contributed by atoms with van der Waals surface area (Å²) in [5, 5.41) is 3.82. The van der Waals surface area contributed by atoms with Crippen molar-refractivity contribution in [1.82, 2.24) is 20.0 Å². The summed E-state index contributed by atoms with van der Waals surface area (Å²) in [6.45, 7) is 7.93. The summed E-state index contributed by atoms with van der Waals surface area (Å²) in [7, 11) is 0. The summed E-state index contributed by atoms with van der Waals surface area (Å²) in [6, 6.07) is 4.03. The van der Waals surface area contributed by atoms with Crippen molar-refractivity contribution >= 4 is 5.82 Å². The Labute approximate surface area is 141 Å². The van der Waals surface area contributed by atoms with E-state index < -0.39 is 0 Å². The zero-order valence-corrected chi connectivity index (χ0v) is 14.0. The standard InChI is InChI=1S/C17H23N5O2/c1-13-19-17(24-20-13)14-4-5-16(18-11-14)22-8-6-21(7-9-22)12-15-3-2-10-23-15/h4-5,11,15H,2-3,6-10,12H2,1H3/t15-/m0/s1. The third-order valence-corrected chi connectivity index (χ3v) is 4.70. The van der Waals surface area contributed by atoms with E-state index in [1.807, 2.05) is 19.1 Å². The fraction of sp³-hybridized carbons (Fsp3) is 0.588. The van der Waals surface area contributed by atoms with Crippen molar-refractivity contribution < 1.29 is 9.26 Å². The Hall–Kier alpha value is -1.99. The molecule has 4 rings (SSSR count). The first-order chi connectivity index (χ1) is 11.8. The lowest BCUT2D eigenvalue weighted by molar-refractivity contribution is 0.0712. The summed E-state index contributed by atoms with van der Waals surface area (Å²) in [4.78, 5) is 13.6. The summed E-state index contributed by atoms with van der Waals surface area (Å²) in [6.07, 6.45) is 4.66. The predicted molar refractivity (Wildman–Crippen MR) is 89.9 cm³/mol. The molecule has 2 aliphatic heterocycles. The molecule has 7 heteroatoms. The Bertz CT molecular complexity index is 658. The van der Waals surface area contributed by atoms with E-state index in [9.17, 15) is 0 Å². The van der Waals surface area contributed by atoms with Crippen molar-refractivity contribution in [2.75, 3.05) is 44.2 Å². The molecule has 128 valence electrons. The normalized spacial score (nSPS) is 22.2. The van der Waals surface area contributed by atoms with Crippen molar-refractivity contribution in [2.24, 2.45) is 0 Å². The molecule has 0 N–H and O–H groups in total. The molecule has 0 unspecified atom stereocenters. The van der Waals surface area contributed by atoms with Crippen molar-refractivity contribution in [3.63, 3.8) is 0 Å². The van der Waals surface area contributed by atoms with E-state index >= 15 is 0 Å². The van der Waals surface area contributed by atoms with Crippen molar-refractivity contribution in [3.8, 4) is 11.5 Å². The Kier molecular flexibility index (Phi) is 4.44. The molecule has 0 spiro atoms. The van der Waals surface area contributed by atoms with Crippen molar-refractivity contribution in [3.05, 3.63) is 24.2 Å². The highest BCUT2D eigenvalue weighted by atomic mass is 16.5. The Balaban J connectivity index is 1.33. The third-order valence-electron chi connectivity index (χ3n) is 4.70. The molecule has 0 bridgehead atoms. The molecule has 2 aromatic rings. The first kappa shape index (κ1) is 15.5. The van der Waals surface area contributed by atoms with E-state index in [2.05, 4.69) is 24.9 Å². The zero-order chi connectivity index (χ0) is 16.4.